The Bertz CT molecular complexity index is 658. The highest BCUT2D eigenvalue weighted by atomic mass is 32.1. The smallest absolute Gasteiger partial charge is 0.311 e. The van der Waals surface area contributed by atoms with Gasteiger partial charge in [0.2, 0.25) is 0 Å². The van der Waals surface area contributed by atoms with Crippen molar-refractivity contribution in [1.29, 1.82) is 5.26 Å². The second kappa shape index (κ2) is 6.86. The van der Waals surface area contributed by atoms with Gasteiger partial charge in [0.15, 0.2) is 5.13 Å². The second-order valence-corrected chi connectivity index (χ2v) is 5.16. The number of thiazole rings is 1. The number of aromatic nitrogens is 1. The number of nitrogens with zero attached hydrogens (tertiary/aromatic N) is 3. The molecule has 0 unspecified atom stereocenters. The number of nitriles is 1. The summed E-state index contributed by atoms with van der Waals surface area (Å²) in [5.74, 6) is -0.268. The van der Waals surface area contributed by atoms with Crippen LogP contribution >= 0.6 is 11.3 Å². The Morgan fingerprint density at radius 3 is 2.76 bits per heavy atom. The fourth-order valence-electron chi connectivity index (χ4n) is 1.76. The van der Waals surface area contributed by atoms with Crippen molar-refractivity contribution in [3.8, 4) is 6.07 Å². The minimum atomic E-state index is -0.268. The minimum absolute atomic E-state index is 0.186. The van der Waals surface area contributed by atoms with Crippen LogP contribution in [-0.2, 0) is 16.0 Å². The fourth-order valence-corrected chi connectivity index (χ4v) is 2.57. The summed E-state index contributed by atoms with van der Waals surface area (Å²) in [5, 5.41) is 11.4. The van der Waals surface area contributed by atoms with E-state index in [9.17, 15) is 4.79 Å². The van der Waals surface area contributed by atoms with Crippen LogP contribution in [0.4, 0.5) is 10.8 Å². The average molecular weight is 301 g/mol. The number of carbonyl (C=O) groups is 1. The zero-order valence-electron chi connectivity index (χ0n) is 11.9. The average Bonchev–Trinajstić information content (AvgIpc) is 2.95. The lowest BCUT2D eigenvalue weighted by molar-refractivity contribution is -0.142. The van der Waals surface area contributed by atoms with Crippen molar-refractivity contribution in [3.05, 3.63) is 40.9 Å². The predicted octanol–water partition coefficient (Wildman–Crippen LogP) is 2.89. The first-order chi connectivity index (χ1) is 10.1. The number of anilines is 2. The van der Waals surface area contributed by atoms with Crippen molar-refractivity contribution in [1.82, 2.24) is 4.98 Å². The molecule has 21 heavy (non-hydrogen) atoms. The summed E-state index contributed by atoms with van der Waals surface area (Å²) in [6.07, 6.45) is 0.186. The van der Waals surface area contributed by atoms with Crippen molar-refractivity contribution in [2.45, 2.75) is 13.3 Å². The summed E-state index contributed by atoms with van der Waals surface area (Å²) in [4.78, 5) is 17.8. The van der Waals surface area contributed by atoms with Crippen LogP contribution in [0.25, 0.3) is 0 Å². The molecule has 0 spiro atoms. The summed E-state index contributed by atoms with van der Waals surface area (Å²) in [6, 6.07) is 9.35. The van der Waals surface area contributed by atoms with E-state index in [4.69, 9.17) is 10.00 Å². The van der Waals surface area contributed by atoms with Gasteiger partial charge >= 0.3 is 5.97 Å². The maximum atomic E-state index is 11.4. The Morgan fingerprint density at radius 2 is 2.14 bits per heavy atom. The van der Waals surface area contributed by atoms with Crippen LogP contribution in [-0.4, -0.2) is 24.6 Å². The SMILES string of the molecule is CCOC(=O)Cc1csc(N(C)c2ccc(C#N)cc2)n1. The first-order valence-corrected chi connectivity index (χ1v) is 7.36. The highest BCUT2D eigenvalue weighted by molar-refractivity contribution is 7.13. The topological polar surface area (TPSA) is 66.2 Å². The number of hydrogen-bond donors (Lipinski definition) is 0. The Labute approximate surface area is 127 Å². The number of ether oxygens (including phenoxy) is 1. The molecule has 6 heteroatoms. The summed E-state index contributed by atoms with van der Waals surface area (Å²) in [5.41, 5.74) is 2.26. The molecule has 0 N–H and O–H groups in total. The minimum Gasteiger partial charge on any atom is -0.466 e. The van der Waals surface area contributed by atoms with Crippen molar-refractivity contribution < 1.29 is 9.53 Å². The van der Waals surface area contributed by atoms with E-state index >= 15 is 0 Å². The normalized spacial score (nSPS) is 9.95. The Hall–Kier alpha value is -2.39. The molecule has 1 aromatic heterocycles. The summed E-state index contributed by atoms with van der Waals surface area (Å²) in [6.45, 7) is 2.16. The Kier molecular flexibility index (Phi) is 4.90. The molecule has 108 valence electrons. The molecule has 0 saturated carbocycles. The van der Waals surface area contributed by atoms with Gasteiger partial charge in [-0.3, -0.25) is 4.79 Å². The molecule has 0 saturated heterocycles. The van der Waals surface area contributed by atoms with E-state index in [1.54, 1.807) is 19.1 Å². The molecule has 2 rings (SSSR count). The fraction of sp³-hybridized carbons (Fsp3) is 0.267. The van der Waals surface area contributed by atoms with Gasteiger partial charge in [0, 0.05) is 18.1 Å². The van der Waals surface area contributed by atoms with Crippen LogP contribution in [0.15, 0.2) is 29.6 Å². The van der Waals surface area contributed by atoms with E-state index in [1.807, 2.05) is 29.5 Å². The van der Waals surface area contributed by atoms with Gasteiger partial charge in [-0.15, -0.1) is 11.3 Å². The number of carbonyl (C=O) groups excluding carboxylic acids is 1. The number of rotatable bonds is 5. The Morgan fingerprint density at radius 1 is 1.43 bits per heavy atom. The molecule has 0 radical (unpaired) electrons. The van der Waals surface area contributed by atoms with Crippen LogP contribution in [0, 0.1) is 11.3 Å². The number of benzene rings is 1. The molecule has 0 atom stereocenters. The third-order valence-corrected chi connectivity index (χ3v) is 3.81. The van der Waals surface area contributed by atoms with Gasteiger partial charge in [0.1, 0.15) is 0 Å². The lowest BCUT2D eigenvalue weighted by Gasteiger charge is -2.15. The van der Waals surface area contributed by atoms with Crippen molar-refractivity contribution in [2.24, 2.45) is 0 Å². The quantitative estimate of drug-likeness (QED) is 0.794. The molecule has 0 bridgehead atoms. The van der Waals surface area contributed by atoms with E-state index < -0.39 is 0 Å². The maximum absolute atomic E-state index is 11.4. The molecule has 0 amide bonds. The summed E-state index contributed by atoms with van der Waals surface area (Å²) >= 11 is 1.46. The first kappa shape index (κ1) is 15.0. The second-order valence-electron chi connectivity index (χ2n) is 4.32. The molecular formula is C15H15N3O2S. The van der Waals surface area contributed by atoms with Gasteiger partial charge in [-0.25, -0.2) is 4.98 Å². The highest BCUT2D eigenvalue weighted by Gasteiger charge is 2.12. The van der Waals surface area contributed by atoms with Gasteiger partial charge in [-0.2, -0.15) is 5.26 Å². The molecule has 0 fully saturated rings. The van der Waals surface area contributed by atoms with E-state index in [-0.39, 0.29) is 12.4 Å². The third-order valence-electron chi connectivity index (χ3n) is 2.84. The zero-order valence-corrected chi connectivity index (χ0v) is 12.7. The van der Waals surface area contributed by atoms with Gasteiger partial charge in [0.25, 0.3) is 0 Å². The molecule has 2 aromatic rings. The zero-order chi connectivity index (χ0) is 15.2. The van der Waals surface area contributed by atoms with Crippen molar-refractivity contribution in [3.63, 3.8) is 0 Å². The number of hydrogen-bond acceptors (Lipinski definition) is 6. The summed E-state index contributed by atoms with van der Waals surface area (Å²) in [7, 11) is 1.90. The molecular weight excluding hydrogens is 286 g/mol. The van der Waals surface area contributed by atoms with Crippen LogP contribution in [0.5, 0.6) is 0 Å². The monoisotopic (exact) mass is 301 g/mol. The molecule has 0 aliphatic carbocycles. The molecule has 5 nitrogen and oxygen atoms in total. The predicted molar refractivity (Wildman–Crippen MR) is 81.7 cm³/mol. The van der Waals surface area contributed by atoms with E-state index in [0.717, 1.165) is 10.8 Å². The van der Waals surface area contributed by atoms with Crippen molar-refractivity contribution in [2.75, 3.05) is 18.6 Å². The maximum Gasteiger partial charge on any atom is 0.311 e. The van der Waals surface area contributed by atoms with Gasteiger partial charge in [-0.1, -0.05) is 0 Å². The van der Waals surface area contributed by atoms with Gasteiger partial charge < -0.3 is 9.64 Å². The third kappa shape index (κ3) is 3.80. The van der Waals surface area contributed by atoms with Gasteiger partial charge in [0.05, 0.1) is 30.4 Å². The van der Waals surface area contributed by atoms with Crippen molar-refractivity contribution >= 4 is 28.1 Å². The standard InChI is InChI=1S/C15H15N3O2S/c1-3-20-14(19)8-12-10-21-15(17-12)18(2)13-6-4-11(9-16)5-7-13/h4-7,10H,3,8H2,1-2H3. The molecule has 0 aliphatic heterocycles. The highest BCUT2D eigenvalue weighted by Crippen LogP contribution is 2.27. The molecule has 1 aromatic carbocycles. The van der Waals surface area contributed by atoms with E-state index in [0.29, 0.717) is 17.9 Å². The first-order valence-electron chi connectivity index (χ1n) is 6.48. The van der Waals surface area contributed by atoms with Crippen LogP contribution in [0.3, 0.4) is 0 Å². The van der Waals surface area contributed by atoms with Crippen LogP contribution < -0.4 is 4.90 Å². The van der Waals surface area contributed by atoms with Crippen LogP contribution in [0.2, 0.25) is 0 Å². The van der Waals surface area contributed by atoms with Gasteiger partial charge in [-0.05, 0) is 31.2 Å². The summed E-state index contributed by atoms with van der Waals surface area (Å²) < 4.78 is 4.91. The molecule has 1 heterocycles. The van der Waals surface area contributed by atoms with Crippen LogP contribution in [0.1, 0.15) is 18.2 Å². The number of esters is 1. The lowest BCUT2D eigenvalue weighted by atomic mass is 10.2. The van der Waals surface area contributed by atoms with E-state index in [1.165, 1.54) is 11.3 Å². The molecule has 0 aliphatic rings. The lowest BCUT2D eigenvalue weighted by Crippen LogP contribution is -2.10. The van der Waals surface area contributed by atoms with E-state index in [2.05, 4.69) is 11.1 Å². The Balaban J connectivity index is 2.09. The largest absolute Gasteiger partial charge is 0.466 e.